The predicted octanol–water partition coefficient (Wildman–Crippen LogP) is 1.73. The molecule has 0 saturated heterocycles. The zero-order chi connectivity index (χ0) is 16.9. The SMILES string of the molecule is C=CCOc1ccc(C(=O)NCc2nnc3n2CCC3)cc1OC. The van der Waals surface area contributed by atoms with E-state index in [0.717, 1.165) is 31.0 Å². The molecule has 1 aliphatic heterocycles. The monoisotopic (exact) mass is 328 g/mol. The molecule has 126 valence electrons. The fraction of sp³-hybridized carbons (Fsp3) is 0.353. The third-order valence-corrected chi connectivity index (χ3v) is 3.88. The fourth-order valence-electron chi connectivity index (χ4n) is 2.68. The van der Waals surface area contributed by atoms with E-state index in [4.69, 9.17) is 9.47 Å². The molecular weight excluding hydrogens is 308 g/mol. The molecule has 0 bridgehead atoms. The number of hydrogen-bond acceptors (Lipinski definition) is 5. The molecule has 0 spiro atoms. The van der Waals surface area contributed by atoms with Gasteiger partial charge in [0, 0.05) is 18.5 Å². The maximum absolute atomic E-state index is 12.4. The van der Waals surface area contributed by atoms with Crippen LogP contribution in [0.1, 0.15) is 28.4 Å². The Hall–Kier alpha value is -2.83. The second kappa shape index (κ2) is 7.16. The minimum Gasteiger partial charge on any atom is -0.493 e. The van der Waals surface area contributed by atoms with Gasteiger partial charge in [0.2, 0.25) is 0 Å². The second-order valence-corrected chi connectivity index (χ2v) is 5.44. The number of carbonyl (C=O) groups excluding carboxylic acids is 1. The van der Waals surface area contributed by atoms with Gasteiger partial charge >= 0.3 is 0 Å². The van der Waals surface area contributed by atoms with Crippen molar-refractivity contribution in [2.24, 2.45) is 0 Å². The Labute approximate surface area is 140 Å². The summed E-state index contributed by atoms with van der Waals surface area (Å²) in [7, 11) is 1.54. The number of nitrogens with zero attached hydrogens (tertiary/aromatic N) is 3. The number of methoxy groups -OCH3 is 1. The molecule has 2 heterocycles. The molecule has 1 aliphatic rings. The molecule has 0 atom stereocenters. The van der Waals surface area contributed by atoms with E-state index in [-0.39, 0.29) is 5.91 Å². The average Bonchev–Trinajstić information content (AvgIpc) is 3.21. The van der Waals surface area contributed by atoms with Crippen LogP contribution in [0.5, 0.6) is 11.5 Å². The van der Waals surface area contributed by atoms with Gasteiger partial charge in [-0.05, 0) is 24.6 Å². The van der Waals surface area contributed by atoms with Crippen molar-refractivity contribution < 1.29 is 14.3 Å². The smallest absolute Gasteiger partial charge is 0.251 e. The highest BCUT2D eigenvalue weighted by atomic mass is 16.5. The van der Waals surface area contributed by atoms with Crippen molar-refractivity contribution in [3.63, 3.8) is 0 Å². The highest BCUT2D eigenvalue weighted by Gasteiger charge is 2.18. The van der Waals surface area contributed by atoms with Crippen molar-refractivity contribution in [2.45, 2.75) is 25.9 Å². The molecule has 2 aromatic rings. The van der Waals surface area contributed by atoms with E-state index in [1.807, 2.05) is 0 Å². The predicted molar refractivity (Wildman–Crippen MR) is 88.2 cm³/mol. The van der Waals surface area contributed by atoms with E-state index >= 15 is 0 Å². The van der Waals surface area contributed by atoms with Crippen molar-refractivity contribution in [1.29, 1.82) is 0 Å². The average molecular weight is 328 g/mol. The van der Waals surface area contributed by atoms with Gasteiger partial charge in [-0.15, -0.1) is 10.2 Å². The quantitative estimate of drug-likeness (QED) is 0.783. The largest absolute Gasteiger partial charge is 0.493 e. The third kappa shape index (κ3) is 3.24. The van der Waals surface area contributed by atoms with Gasteiger partial charge in [-0.1, -0.05) is 12.7 Å². The van der Waals surface area contributed by atoms with Gasteiger partial charge < -0.3 is 19.4 Å². The standard InChI is InChI=1S/C17H20N4O3/c1-3-9-24-13-7-6-12(10-14(13)23-2)17(22)18-11-16-20-19-15-5-4-8-21(15)16/h3,6-7,10H,1,4-5,8-9,11H2,2H3,(H,18,22). The number of rotatable bonds is 7. The number of hydrogen-bond donors (Lipinski definition) is 1. The van der Waals surface area contributed by atoms with Gasteiger partial charge in [-0.3, -0.25) is 4.79 Å². The highest BCUT2D eigenvalue weighted by molar-refractivity contribution is 5.94. The lowest BCUT2D eigenvalue weighted by Crippen LogP contribution is -2.24. The van der Waals surface area contributed by atoms with Crippen LogP contribution in [0.4, 0.5) is 0 Å². The normalized spacial score (nSPS) is 12.5. The zero-order valence-electron chi connectivity index (χ0n) is 13.6. The summed E-state index contributed by atoms with van der Waals surface area (Å²) in [5.41, 5.74) is 0.499. The first-order valence-corrected chi connectivity index (χ1v) is 7.84. The minimum atomic E-state index is -0.195. The number of aromatic nitrogens is 3. The molecule has 0 unspecified atom stereocenters. The molecule has 7 heteroatoms. The van der Waals surface area contributed by atoms with Gasteiger partial charge in [0.25, 0.3) is 5.91 Å². The molecule has 7 nitrogen and oxygen atoms in total. The number of amides is 1. The molecule has 1 amide bonds. The molecule has 0 fully saturated rings. The van der Waals surface area contributed by atoms with Crippen LogP contribution >= 0.6 is 0 Å². The lowest BCUT2D eigenvalue weighted by atomic mass is 10.2. The summed E-state index contributed by atoms with van der Waals surface area (Å²) in [6.07, 6.45) is 3.68. The summed E-state index contributed by atoms with van der Waals surface area (Å²) in [5, 5.41) is 11.1. The second-order valence-electron chi connectivity index (χ2n) is 5.44. The first kappa shape index (κ1) is 16.0. The van der Waals surface area contributed by atoms with Crippen LogP contribution in [0.25, 0.3) is 0 Å². The molecule has 0 saturated carbocycles. The maximum Gasteiger partial charge on any atom is 0.251 e. The van der Waals surface area contributed by atoms with Crippen molar-refractivity contribution >= 4 is 5.91 Å². The third-order valence-electron chi connectivity index (χ3n) is 3.88. The zero-order valence-corrected chi connectivity index (χ0v) is 13.6. The molecule has 1 N–H and O–H groups in total. The van der Waals surface area contributed by atoms with Crippen LogP contribution in [0.15, 0.2) is 30.9 Å². The Balaban J connectivity index is 1.67. The van der Waals surface area contributed by atoms with Gasteiger partial charge in [0.1, 0.15) is 12.4 Å². The minimum absolute atomic E-state index is 0.195. The number of nitrogens with one attached hydrogen (secondary N) is 1. The topological polar surface area (TPSA) is 78.3 Å². The first-order valence-electron chi connectivity index (χ1n) is 7.84. The fourth-order valence-corrected chi connectivity index (χ4v) is 2.68. The number of ether oxygens (including phenoxy) is 2. The first-order chi connectivity index (χ1) is 11.7. The van der Waals surface area contributed by atoms with Gasteiger partial charge in [-0.2, -0.15) is 0 Å². The van der Waals surface area contributed by atoms with E-state index in [1.54, 1.807) is 24.3 Å². The molecule has 0 aliphatic carbocycles. The molecule has 0 radical (unpaired) electrons. The van der Waals surface area contributed by atoms with Gasteiger partial charge in [0.05, 0.1) is 13.7 Å². The van der Waals surface area contributed by atoms with Crippen LogP contribution < -0.4 is 14.8 Å². The number of benzene rings is 1. The summed E-state index contributed by atoms with van der Waals surface area (Å²) in [6, 6.07) is 5.07. The van der Waals surface area contributed by atoms with Crippen molar-refractivity contribution in [3.05, 3.63) is 48.1 Å². The van der Waals surface area contributed by atoms with Gasteiger partial charge in [0.15, 0.2) is 17.3 Å². The summed E-state index contributed by atoms with van der Waals surface area (Å²) in [5.74, 6) is 2.66. The van der Waals surface area contributed by atoms with E-state index in [0.29, 0.717) is 30.2 Å². The van der Waals surface area contributed by atoms with Crippen LogP contribution in [-0.4, -0.2) is 34.4 Å². The van der Waals surface area contributed by atoms with Crippen LogP contribution in [0, 0.1) is 0 Å². The van der Waals surface area contributed by atoms with Crippen molar-refractivity contribution in [3.8, 4) is 11.5 Å². The van der Waals surface area contributed by atoms with Crippen LogP contribution in [-0.2, 0) is 19.5 Å². The van der Waals surface area contributed by atoms with Crippen LogP contribution in [0.3, 0.4) is 0 Å². The highest BCUT2D eigenvalue weighted by Crippen LogP contribution is 2.28. The van der Waals surface area contributed by atoms with Crippen molar-refractivity contribution in [1.82, 2.24) is 20.1 Å². The summed E-state index contributed by atoms with van der Waals surface area (Å²) >= 11 is 0. The van der Waals surface area contributed by atoms with E-state index < -0.39 is 0 Å². The summed E-state index contributed by atoms with van der Waals surface area (Å²) in [6.45, 7) is 5.25. The number of carbonyl (C=O) groups is 1. The lowest BCUT2D eigenvalue weighted by Gasteiger charge is -2.11. The summed E-state index contributed by atoms with van der Waals surface area (Å²) in [4.78, 5) is 12.4. The number of aryl methyl sites for hydroxylation is 1. The van der Waals surface area contributed by atoms with Crippen LogP contribution in [0.2, 0.25) is 0 Å². The van der Waals surface area contributed by atoms with E-state index in [1.165, 1.54) is 7.11 Å². The Kier molecular flexibility index (Phi) is 4.79. The Bertz CT molecular complexity index is 754. The Morgan fingerprint density at radius 1 is 1.42 bits per heavy atom. The van der Waals surface area contributed by atoms with E-state index in [9.17, 15) is 4.79 Å². The molecule has 3 rings (SSSR count). The Morgan fingerprint density at radius 2 is 2.29 bits per heavy atom. The molecule has 24 heavy (non-hydrogen) atoms. The molecular formula is C17H20N4O3. The summed E-state index contributed by atoms with van der Waals surface area (Å²) < 4.78 is 12.8. The Morgan fingerprint density at radius 3 is 3.08 bits per heavy atom. The molecule has 1 aromatic carbocycles. The van der Waals surface area contributed by atoms with Gasteiger partial charge in [-0.25, -0.2) is 0 Å². The number of fused-ring (bicyclic) bond motifs is 1. The maximum atomic E-state index is 12.4. The van der Waals surface area contributed by atoms with E-state index in [2.05, 4.69) is 26.7 Å². The lowest BCUT2D eigenvalue weighted by molar-refractivity contribution is 0.0949. The van der Waals surface area contributed by atoms with Crippen molar-refractivity contribution in [2.75, 3.05) is 13.7 Å². The molecule has 1 aromatic heterocycles.